The van der Waals surface area contributed by atoms with Crippen molar-refractivity contribution >= 4 is 51.7 Å². The molecule has 2 saturated heterocycles. The first kappa shape index (κ1) is 24.9. The molecule has 0 N–H and O–H groups in total. The summed E-state index contributed by atoms with van der Waals surface area (Å²) >= 11 is 6.73. The first-order valence-electron chi connectivity index (χ1n) is 11.9. The molecule has 2 atom stereocenters. The van der Waals surface area contributed by atoms with E-state index in [4.69, 9.17) is 21.9 Å². The van der Waals surface area contributed by atoms with Crippen molar-refractivity contribution in [1.29, 1.82) is 0 Å². The van der Waals surface area contributed by atoms with Crippen molar-refractivity contribution in [1.82, 2.24) is 14.3 Å². The second-order valence-electron chi connectivity index (χ2n) is 9.32. The summed E-state index contributed by atoms with van der Waals surface area (Å²) in [6, 6.07) is 3.83. The molecule has 0 aromatic carbocycles. The van der Waals surface area contributed by atoms with E-state index in [1.165, 1.54) is 11.8 Å². The summed E-state index contributed by atoms with van der Waals surface area (Å²) in [4.78, 5) is 36.0. The molecular formula is C25H32N4O3S2. The van der Waals surface area contributed by atoms with Gasteiger partial charge in [-0.05, 0) is 56.2 Å². The van der Waals surface area contributed by atoms with E-state index in [9.17, 15) is 9.59 Å². The molecule has 4 rings (SSSR count). The van der Waals surface area contributed by atoms with Crippen LogP contribution < -0.4 is 10.5 Å². The maximum Gasteiger partial charge on any atom is 0.267 e. The van der Waals surface area contributed by atoms with Crippen LogP contribution in [0.25, 0.3) is 11.7 Å². The zero-order chi connectivity index (χ0) is 24.4. The summed E-state index contributed by atoms with van der Waals surface area (Å²) in [7, 11) is 0. The lowest BCUT2D eigenvalue weighted by atomic mass is 9.91. The fraction of sp³-hybridized carbons (Fsp3) is 0.520. The smallest absolute Gasteiger partial charge is 0.267 e. The number of amides is 1. The molecule has 0 aliphatic carbocycles. The lowest BCUT2D eigenvalue weighted by Crippen LogP contribution is -2.40. The lowest BCUT2D eigenvalue weighted by molar-refractivity contribution is -0.122. The van der Waals surface area contributed by atoms with Crippen molar-refractivity contribution in [2.24, 2.45) is 11.8 Å². The number of pyridine rings is 1. The van der Waals surface area contributed by atoms with Crippen LogP contribution in [0.15, 0.2) is 28.0 Å². The SMILES string of the molecule is CCOCCCN1C(=O)/C(=C\c2c(N3C[C@H](C)C[C@H](C)C3)nc3ccc(C)cn3c2=O)SC1=S. The number of thiocarbonyl (C=S) groups is 1. The van der Waals surface area contributed by atoms with Gasteiger partial charge in [-0.15, -0.1) is 0 Å². The Bertz CT molecular complexity index is 1180. The molecule has 0 radical (unpaired) electrons. The topological polar surface area (TPSA) is 67.2 Å². The van der Waals surface area contributed by atoms with E-state index in [0.29, 0.717) is 64.3 Å². The van der Waals surface area contributed by atoms with Crippen LogP contribution >= 0.6 is 24.0 Å². The molecule has 7 nitrogen and oxygen atoms in total. The number of nitrogens with zero attached hydrogens (tertiary/aromatic N) is 4. The highest BCUT2D eigenvalue weighted by atomic mass is 32.2. The van der Waals surface area contributed by atoms with Gasteiger partial charge in [-0.1, -0.05) is 43.9 Å². The third kappa shape index (κ3) is 5.21. The number of rotatable bonds is 7. The number of hydrogen-bond acceptors (Lipinski definition) is 7. The molecule has 2 fully saturated rings. The highest BCUT2D eigenvalue weighted by Crippen LogP contribution is 2.34. The molecule has 0 bridgehead atoms. The molecule has 9 heteroatoms. The van der Waals surface area contributed by atoms with E-state index in [1.54, 1.807) is 21.6 Å². The summed E-state index contributed by atoms with van der Waals surface area (Å²) in [6.45, 7) is 11.7. The standard InChI is InChI=1S/C25H32N4O3S2/c1-5-32-10-6-9-28-24(31)20(34-25(28)33)12-19-22(27-13-17(3)11-18(4)14-27)26-21-8-7-16(2)15-29(21)23(19)30/h7-8,12,15,17-18H,5-6,9-11,13-14H2,1-4H3/b20-12+/t17-,18+. The average Bonchev–Trinajstić information content (AvgIpc) is 3.05. The summed E-state index contributed by atoms with van der Waals surface area (Å²) in [5, 5.41) is 0. The Morgan fingerprint density at radius 1 is 1.24 bits per heavy atom. The maximum absolute atomic E-state index is 13.7. The van der Waals surface area contributed by atoms with E-state index in [0.717, 1.165) is 25.1 Å². The number of carbonyl (C=O) groups excluding carboxylic acids is 1. The van der Waals surface area contributed by atoms with Gasteiger partial charge >= 0.3 is 0 Å². The summed E-state index contributed by atoms with van der Waals surface area (Å²) in [5.74, 6) is 1.48. The van der Waals surface area contributed by atoms with Gasteiger partial charge in [0.15, 0.2) is 0 Å². The maximum atomic E-state index is 13.7. The quantitative estimate of drug-likeness (QED) is 0.322. The Balaban J connectivity index is 1.75. The number of fused-ring (bicyclic) bond motifs is 1. The highest BCUT2D eigenvalue weighted by molar-refractivity contribution is 8.26. The first-order valence-corrected chi connectivity index (χ1v) is 13.1. The van der Waals surface area contributed by atoms with Gasteiger partial charge in [0.1, 0.15) is 15.8 Å². The van der Waals surface area contributed by atoms with Gasteiger partial charge in [0, 0.05) is 39.0 Å². The van der Waals surface area contributed by atoms with Gasteiger partial charge in [0.2, 0.25) is 0 Å². The number of ether oxygens (including phenoxy) is 1. The minimum Gasteiger partial charge on any atom is -0.382 e. The van der Waals surface area contributed by atoms with Crippen molar-refractivity contribution in [3.63, 3.8) is 0 Å². The zero-order valence-electron chi connectivity index (χ0n) is 20.2. The van der Waals surface area contributed by atoms with Crippen molar-refractivity contribution in [2.45, 2.75) is 40.5 Å². The molecular weight excluding hydrogens is 468 g/mol. The third-order valence-electron chi connectivity index (χ3n) is 6.18. The molecule has 0 spiro atoms. The fourth-order valence-electron chi connectivity index (χ4n) is 4.74. The number of aromatic nitrogens is 2. The van der Waals surface area contributed by atoms with Gasteiger partial charge in [-0.2, -0.15) is 0 Å². The zero-order valence-corrected chi connectivity index (χ0v) is 21.9. The van der Waals surface area contributed by atoms with E-state index in [1.807, 2.05) is 26.0 Å². The van der Waals surface area contributed by atoms with Crippen molar-refractivity contribution in [2.75, 3.05) is 37.7 Å². The Hall–Kier alpha value is -2.23. The van der Waals surface area contributed by atoms with Crippen LogP contribution in [0.5, 0.6) is 0 Å². The van der Waals surface area contributed by atoms with Crippen LogP contribution in [0.4, 0.5) is 5.82 Å². The van der Waals surface area contributed by atoms with Gasteiger partial charge in [-0.3, -0.25) is 18.9 Å². The molecule has 2 aromatic rings. The van der Waals surface area contributed by atoms with Crippen LogP contribution in [0.1, 0.15) is 44.7 Å². The van der Waals surface area contributed by atoms with Crippen LogP contribution in [-0.4, -0.2) is 57.4 Å². The second-order valence-corrected chi connectivity index (χ2v) is 11.0. The van der Waals surface area contributed by atoms with Gasteiger partial charge in [0.25, 0.3) is 11.5 Å². The van der Waals surface area contributed by atoms with E-state index >= 15 is 0 Å². The molecule has 2 aliphatic heterocycles. The second kappa shape index (κ2) is 10.6. The normalized spacial score (nSPS) is 22.4. The van der Waals surface area contributed by atoms with Gasteiger partial charge in [0.05, 0.1) is 10.5 Å². The number of anilines is 1. The highest BCUT2D eigenvalue weighted by Gasteiger charge is 2.33. The van der Waals surface area contributed by atoms with Crippen LogP contribution in [0.3, 0.4) is 0 Å². The molecule has 4 heterocycles. The fourth-order valence-corrected chi connectivity index (χ4v) is 6.03. The van der Waals surface area contributed by atoms with Crippen molar-refractivity contribution in [3.8, 4) is 0 Å². The Morgan fingerprint density at radius 2 is 1.97 bits per heavy atom. The average molecular weight is 501 g/mol. The predicted molar refractivity (Wildman–Crippen MR) is 142 cm³/mol. The Labute approximate surface area is 210 Å². The number of hydrogen-bond donors (Lipinski definition) is 0. The number of thioether (sulfide) groups is 1. The van der Waals surface area contributed by atoms with Crippen LogP contribution in [0, 0.1) is 18.8 Å². The van der Waals surface area contributed by atoms with Gasteiger partial charge < -0.3 is 9.64 Å². The minimum absolute atomic E-state index is 0.161. The molecule has 2 aliphatic rings. The van der Waals surface area contributed by atoms with Crippen LogP contribution in [-0.2, 0) is 9.53 Å². The molecule has 2 aromatic heterocycles. The van der Waals surface area contributed by atoms with Gasteiger partial charge in [-0.25, -0.2) is 4.98 Å². The summed E-state index contributed by atoms with van der Waals surface area (Å²) in [6.07, 6.45) is 5.36. The summed E-state index contributed by atoms with van der Waals surface area (Å²) < 4.78 is 7.48. The number of piperidine rings is 1. The monoisotopic (exact) mass is 500 g/mol. The number of aryl methyl sites for hydroxylation is 1. The largest absolute Gasteiger partial charge is 0.382 e. The van der Waals surface area contributed by atoms with Crippen molar-refractivity contribution < 1.29 is 9.53 Å². The predicted octanol–water partition coefficient (Wildman–Crippen LogP) is 4.11. The molecule has 1 amide bonds. The minimum atomic E-state index is -0.170. The summed E-state index contributed by atoms with van der Waals surface area (Å²) in [5.41, 5.74) is 1.85. The molecule has 0 unspecified atom stereocenters. The molecule has 182 valence electrons. The van der Waals surface area contributed by atoms with Crippen LogP contribution in [0.2, 0.25) is 0 Å². The molecule has 0 saturated carbocycles. The van der Waals surface area contributed by atoms with E-state index in [2.05, 4.69) is 18.7 Å². The van der Waals surface area contributed by atoms with Crippen molar-refractivity contribution in [3.05, 3.63) is 44.7 Å². The van der Waals surface area contributed by atoms with E-state index < -0.39 is 0 Å². The third-order valence-corrected chi connectivity index (χ3v) is 7.56. The Kier molecular flexibility index (Phi) is 7.74. The van der Waals surface area contributed by atoms with E-state index in [-0.39, 0.29) is 11.5 Å². The number of carbonyl (C=O) groups is 1. The first-order chi connectivity index (χ1) is 16.3. The Morgan fingerprint density at radius 3 is 2.68 bits per heavy atom. The molecule has 34 heavy (non-hydrogen) atoms. The lowest BCUT2D eigenvalue weighted by Gasteiger charge is -2.36.